The molecule has 0 amide bonds. The summed E-state index contributed by atoms with van der Waals surface area (Å²) in [5.41, 5.74) is 8.03. The molecule has 2 radical (unpaired) electrons. The monoisotopic (exact) mass is 521 g/mol. The Bertz CT molecular complexity index is 1860. The van der Waals surface area contributed by atoms with Gasteiger partial charge in [-0.1, -0.05) is 151 Å². The standard InChI is InChI=1S/C37H24BN3/c38-33-16-8-14-29-13-7-15-32(34(29)33)37-40-35(30-21-17-27(18-22-30)25-9-3-1-4-10-25)39-36(41-37)31-23-19-28(20-24-31)26-11-5-2-6-12-26/h1-24H. The van der Waals surface area contributed by atoms with Gasteiger partial charge in [-0.2, -0.15) is 0 Å². The number of rotatable bonds is 5. The lowest BCUT2D eigenvalue weighted by Gasteiger charge is -2.12. The molecule has 0 saturated heterocycles. The molecule has 4 heteroatoms. The van der Waals surface area contributed by atoms with Crippen LogP contribution >= 0.6 is 0 Å². The highest BCUT2D eigenvalue weighted by molar-refractivity contribution is 6.40. The van der Waals surface area contributed by atoms with Gasteiger partial charge in [-0.15, -0.1) is 0 Å². The third-order valence-corrected chi connectivity index (χ3v) is 7.31. The number of fused-ring (bicyclic) bond motifs is 1. The van der Waals surface area contributed by atoms with Gasteiger partial charge in [0.05, 0.1) is 0 Å². The van der Waals surface area contributed by atoms with Crippen molar-refractivity contribution in [3.8, 4) is 56.4 Å². The second-order valence-electron chi connectivity index (χ2n) is 9.94. The van der Waals surface area contributed by atoms with Crippen LogP contribution in [0.5, 0.6) is 0 Å². The first-order chi connectivity index (χ1) is 20.2. The Morgan fingerprint density at radius 3 is 1.27 bits per heavy atom. The summed E-state index contributed by atoms with van der Waals surface area (Å²) >= 11 is 0. The molecule has 0 atom stereocenters. The maximum atomic E-state index is 6.47. The van der Waals surface area contributed by atoms with E-state index in [4.69, 9.17) is 22.8 Å². The Balaban J connectivity index is 1.37. The first-order valence-electron chi connectivity index (χ1n) is 13.6. The zero-order valence-corrected chi connectivity index (χ0v) is 22.3. The van der Waals surface area contributed by atoms with Gasteiger partial charge < -0.3 is 0 Å². The number of hydrogen-bond donors (Lipinski definition) is 0. The van der Waals surface area contributed by atoms with Crippen LogP contribution in [-0.2, 0) is 0 Å². The maximum Gasteiger partial charge on any atom is 0.164 e. The average molecular weight is 521 g/mol. The third-order valence-electron chi connectivity index (χ3n) is 7.31. The molecule has 0 bridgehead atoms. The van der Waals surface area contributed by atoms with E-state index >= 15 is 0 Å². The number of aromatic nitrogens is 3. The van der Waals surface area contributed by atoms with Gasteiger partial charge in [-0.05, 0) is 33.0 Å². The molecule has 0 unspecified atom stereocenters. The zero-order chi connectivity index (χ0) is 27.6. The molecule has 6 aromatic carbocycles. The topological polar surface area (TPSA) is 38.7 Å². The predicted octanol–water partition coefficient (Wildman–Crippen LogP) is 8.15. The summed E-state index contributed by atoms with van der Waals surface area (Å²) in [7, 11) is 6.47. The molecule has 0 fully saturated rings. The predicted molar refractivity (Wildman–Crippen MR) is 170 cm³/mol. The van der Waals surface area contributed by atoms with Crippen LogP contribution in [0.2, 0.25) is 0 Å². The van der Waals surface area contributed by atoms with Gasteiger partial charge in [0.15, 0.2) is 17.5 Å². The number of benzene rings is 6. The maximum absolute atomic E-state index is 6.47. The lowest BCUT2D eigenvalue weighted by atomic mass is 9.87. The van der Waals surface area contributed by atoms with Gasteiger partial charge in [0.1, 0.15) is 7.85 Å². The van der Waals surface area contributed by atoms with E-state index < -0.39 is 0 Å². The second-order valence-corrected chi connectivity index (χ2v) is 9.94. The molecule has 0 aliphatic carbocycles. The van der Waals surface area contributed by atoms with Crippen molar-refractivity contribution in [3.05, 3.63) is 146 Å². The van der Waals surface area contributed by atoms with Crippen LogP contribution in [0.15, 0.2) is 146 Å². The van der Waals surface area contributed by atoms with E-state index in [9.17, 15) is 0 Å². The fourth-order valence-corrected chi connectivity index (χ4v) is 5.20. The van der Waals surface area contributed by atoms with Crippen molar-refractivity contribution in [2.75, 3.05) is 0 Å². The van der Waals surface area contributed by atoms with Crippen molar-refractivity contribution in [1.29, 1.82) is 0 Å². The van der Waals surface area contributed by atoms with Crippen LogP contribution in [0.3, 0.4) is 0 Å². The quantitative estimate of drug-likeness (QED) is 0.215. The summed E-state index contributed by atoms with van der Waals surface area (Å²) in [5, 5.41) is 1.99. The first-order valence-corrected chi connectivity index (χ1v) is 13.6. The summed E-state index contributed by atoms with van der Waals surface area (Å²) in [6.07, 6.45) is 0. The van der Waals surface area contributed by atoms with Crippen molar-refractivity contribution >= 4 is 24.1 Å². The van der Waals surface area contributed by atoms with E-state index in [1.165, 1.54) is 11.1 Å². The van der Waals surface area contributed by atoms with E-state index in [1.807, 2.05) is 60.7 Å². The Morgan fingerprint density at radius 2 is 0.756 bits per heavy atom. The minimum absolute atomic E-state index is 0.591. The van der Waals surface area contributed by atoms with Gasteiger partial charge in [-0.3, -0.25) is 0 Å². The molecule has 1 heterocycles. The minimum Gasteiger partial charge on any atom is -0.208 e. The van der Waals surface area contributed by atoms with E-state index in [1.54, 1.807) is 0 Å². The summed E-state index contributed by atoms with van der Waals surface area (Å²) in [5.74, 6) is 1.82. The van der Waals surface area contributed by atoms with Crippen LogP contribution in [0.25, 0.3) is 67.2 Å². The highest BCUT2D eigenvalue weighted by Crippen LogP contribution is 2.30. The molecule has 0 aliphatic heterocycles. The molecule has 0 aliphatic rings. The van der Waals surface area contributed by atoms with E-state index in [0.717, 1.165) is 38.6 Å². The molecule has 0 saturated carbocycles. The molecule has 7 rings (SSSR count). The van der Waals surface area contributed by atoms with Crippen molar-refractivity contribution in [1.82, 2.24) is 15.0 Å². The van der Waals surface area contributed by atoms with Crippen LogP contribution in [0.4, 0.5) is 0 Å². The van der Waals surface area contributed by atoms with Crippen LogP contribution < -0.4 is 5.46 Å². The Kier molecular flexibility index (Phi) is 6.42. The summed E-state index contributed by atoms with van der Waals surface area (Å²) in [4.78, 5) is 14.9. The normalized spacial score (nSPS) is 11.0. The Hall–Kier alpha value is -5.35. The fourth-order valence-electron chi connectivity index (χ4n) is 5.20. The molecular weight excluding hydrogens is 497 g/mol. The second kappa shape index (κ2) is 10.7. The van der Waals surface area contributed by atoms with Crippen molar-refractivity contribution in [2.24, 2.45) is 0 Å². The minimum atomic E-state index is 0.591. The van der Waals surface area contributed by atoms with E-state index in [-0.39, 0.29) is 0 Å². The highest BCUT2D eigenvalue weighted by Gasteiger charge is 2.15. The molecule has 7 aromatic rings. The van der Waals surface area contributed by atoms with Crippen LogP contribution in [0, 0.1) is 0 Å². The van der Waals surface area contributed by atoms with Gasteiger partial charge in [-0.25, -0.2) is 15.0 Å². The lowest BCUT2D eigenvalue weighted by molar-refractivity contribution is 1.08. The smallest absolute Gasteiger partial charge is 0.164 e. The van der Waals surface area contributed by atoms with E-state index in [0.29, 0.717) is 22.9 Å². The van der Waals surface area contributed by atoms with Crippen molar-refractivity contribution < 1.29 is 0 Å². The van der Waals surface area contributed by atoms with Gasteiger partial charge in [0.2, 0.25) is 0 Å². The fraction of sp³-hybridized carbons (Fsp3) is 0. The lowest BCUT2D eigenvalue weighted by Crippen LogP contribution is -2.06. The van der Waals surface area contributed by atoms with Crippen molar-refractivity contribution in [3.63, 3.8) is 0 Å². The van der Waals surface area contributed by atoms with Gasteiger partial charge in [0.25, 0.3) is 0 Å². The SMILES string of the molecule is [B]c1cccc2cccc(-c3nc(-c4ccc(-c5ccccc5)cc4)nc(-c4ccc(-c5ccccc5)cc4)n3)c12. The van der Waals surface area contributed by atoms with E-state index in [2.05, 4.69) is 84.9 Å². The Labute approximate surface area is 240 Å². The van der Waals surface area contributed by atoms with Crippen LogP contribution in [0.1, 0.15) is 0 Å². The molecule has 0 spiro atoms. The first kappa shape index (κ1) is 24.7. The van der Waals surface area contributed by atoms with Gasteiger partial charge in [0, 0.05) is 16.7 Å². The van der Waals surface area contributed by atoms with Crippen molar-refractivity contribution in [2.45, 2.75) is 0 Å². The van der Waals surface area contributed by atoms with Crippen LogP contribution in [-0.4, -0.2) is 22.8 Å². The third kappa shape index (κ3) is 4.92. The summed E-state index contributed by atoms with van der Waals surface area (Å²) in [6.45, 7) is 0. The molecular formula is C37H24BN3. The Morgan fingerprint density at radius 1 is 0.341 bits per heavy atom. The number of hydrogen-bond acceptors (Lipinski definition) is 3. The highest BCUT2D eigenvalue weighted by atomic mass is 15.0. The molecule has 1 aromatic heterocycles. The average Bonchev–Trinajstić information content (AvgIpc) is 3.05. The van der Waals surface area contributed by atoms with Gasteiger partial charge >= 0.3 is 0 Å². The zero-order valence-electron chi connectivity index (χ0n) is 22.3. The molecule has 0 N–H and O–H groups in total. The number of nitrogens with zero attached hydrogens (tertiary/aromatic N) is 3. The largest absolute Gasteiger partial charge is 0.208 e. The molecule has 41 heavy (non-hydrogen) atoms. The molecule has 190 valence electrons. The summed E-state index contributed by atoms with van der Waals surface area (Å²) in [6, 6.07) is 49.4. The summed E-state index contributed by atoms with van der Waals surface area (Å²) < 4.78 is 0. The molecule has 3 nitrogen and oxygen atoms in total.